The van der Waals surface area contributed by atoms with Gasteiger partial charge in [-0.05, 0) is 42.3 Å². The highest BCUT2D eigenvalue weighted by Crippen LogP contribution is 2.23. The van der Waals surface area contributed by atoms with Gasteiger partial charge in [-0.1, -0.05) is 24.3 Å². The Kier molecular flexibility index (Phi) is 4.02. The Morgan fingerprint density at radius 3 is 2.26 bits per heavy atom. The van der Waals surface area contributed by atoms with E-state index in [0.717, 1.165) is 4.90 Å². The summed E-state index contributed by atoms with van der Waals surface area (Å²) in [5.74, 6) is -2.00. The molecule has 1 aliphatic rings. The molecule has 0 spiro atoms. The van der Waals surface area contributed by atoms with E-state index in [2.05, 4.69) is 0 Å². The molecule has 116 valence electrons. The van der Waals surface area contributed by atoms with Crippen molar-refractivity contribution in [3.8, 4) is 0 Å². The fourth-order valence-electron chi connectivity index (χ4n) is 2.49. The van der Waals surface area contributed by atoms with Crippen molar-refractivity contribution >= 4 is 11.8 Å². The van der Waals surface area contributed by atoms with Gasteiger partial charge in [-0.25, -0.2) is 8.78 Å². The summed E-state index contributed by atoms with van der Waals surface area (Å²) in [6.45, 7) is -0.415. The molecule has 0 saturated heterocycles. The predicted octanol–water partition coefficient (Wildman–Crippen LogP) is 3.52. The number of imide groups is 1. The number of carbonyl (C=O) groups is 2. The van der Waals surface area contributed by atoms with Gasteiger partial charge in [0, 0.05) is 0 Å². The average Bonchev–Trinajstić information content (AvgIpc) is 2.79. The molecule has 0 aliphatic carbocycles. The monoisotopic (exact) mass is 313 g/mol. The van der Waals surface area contributed by atoms with Gasteiger partial charge >= 0.3 is 0 Å². The van der Waals surface area contributed by atoms with E-state index in [0.29, 0.717) is 5.56 Å². The summed E-state index contributed by atoms with van der Waals surface area (Å²) in [5.41, 5.74) is 1.19. The van der Waals surface area contributed by atoms with Gasteiger partial charge in [0.25, 0.3) is 11.8 Å². The summed E-state index contributed by atoms with van der Waals surface area (Å²) in [6, 6.07) is 12.2. The molecule has 1 aliphatic heterocycles. The minimum absolute atomic E-state index is 0.187. The molecule has 5 heteroatoms. The zero-order valence-corrected chi connectivity index (χ0v) is 12.1. The molecule has 2 amide bonds. The number of nitrogens with zero attached hydrogens (tertiary/aromatic N) is 1. The van der Waals surface area contributed by atoms with Crippen LogP contribution in [0.5, 0.6) is 0 Å². The first-order valence-electron chi connectivity index (χ1n) is 7.10. The number of rotatable bonds is 4. The van der Waals surface area contributed by atoms with Crippen LogP contribution in [0.4, 0.5) is 8.78 Å². The van der Waals surface area contributed by atoms with E-state index in [1.54, 1.807) is 36.4 Å². The van der Waals surface area contributed by atoms with Crippen molar-refractivity contribution in [3.63, 3.8) is 0 Å². The highest BCUT2D eigenvalue weighted by molar-refractivity contribution is 6.21. The standard InChI is InChI=1S/C18H13F2NO2/c19-13-5-3-4-12(10-13)8-9-14(20)11-21-17(22)15-6-1-2-7-16(15)18(21)23/h1-7,9-10H,8,11H2/b14-9-. The summed E-state index contributed by atoms with van der Waals surface area (Å²) in [4.78, 5) is 25.1. The molecule has 0 fully saturated rings. The smallest absolute Gasteiger partial charge is 0.261 e. The van der Waals surface area contributed by atoms with Crippen molar-refractivity contribution < 1.29 is 18.4 Å². The maximum absolute atomic E-state index is 14.0. The Labute approximate surface area is 131 Å². The van der Waals surface area contributed by atoms with Gasteiger partial charge in [-0.2, -0.15) is 0 Å². The van der Waals surface area contributed by atoms with Crippen LogP contribution in [0.2, 0.25) is 0 Å². The fraction of sp³-hybridized carbons (Fsp3) is 0.111. The van der Waals surface area contributed by atoms with Crippen LogP contribution in [0.1, 0.15) is 26.3 Å². The minimum atomic E-state index is -0.608. The third-order valence-electron chi connectivity index (χ3n) is 3.64. The van der Waals surface area contributed by atoms with E-state index >= 15 is 0 Å². The lowest BCUT2D eigenvalue weighted by atomic mass is 10.1. The number of halogens is 2. The van der Waals surface area contributed by atoms with Gasteiger partial charge in [0.05, 0.1) is 17.7 Å². The molecule has 2 aromatic carbocycles. The van der Waals surface area contributed by atoms with E-state index in [9.17, 15) is 18.4 Å². The second kappa shape index (κ2) is 6.12. The van der Waals surface area contributed by atoms with Gasteiger partial charge in [0.1, 0.15) is 11.6 Å². The average molecular weight is 313 g/mol. The number of fused-ring (bicyclic) bond motifs is 1. The third-order valence-corrected chi connectivity index (χ3v) is 3.64. The maximum Gasteiger partial charge on any atom is 0.261 e. The van der Waals surface area contributed by atoms with E-state index < -0.39 is 30.0 Å². The molecular weight excluding hydrogens is 300 g/mol. The molecule has 0 saturated carbocycles. The van der Waals surface area contributed by atoms with Gasteiger partial charge in [0.2, 0.25) is 0 Å². The van der Waals surface area contributed by atoms with Crippen molar-refractivity contribution in [1.82, 2.24) is 4.90 Å². The molecule has 3 rings (SSSR count). The van der Waals surface area contributed by atoms with Crippen molar-refractivity contribution in [2.75, 3.05) is 6.54 Å². The van der Waals surface area contributed by atoms with E-state index in [-0.39, 0.29) is 17.5 Å². The fourth-order valence-corrected chi connectivity index (χ4v) is 2.49. The van der Waals surface area contributed by atoms with Crippen molar-refractivity contribution in [2.45, 2.75) is 6.42 Å². The van der Waals surface area contributed by atoms with Crippen molar-refractivity contribution in [1.29, 1.82) is 0 Å². The number of allylic oxidation sites excluding steroid dienone is 1. The zero-order valence-electron chi connectivity index (χ0n) is 12.1. The number of carbonyl (C=O) groups excluding carboxylic acids is 2. The van der Waals surface area contributed by atoms with Gasteiger partial charge in [0.15, 0.2) is 0 Å². The minimum Gasteiger partial charge on any atom is -0.269 e. The molecule has 0 atom stereocenters. The van der Waals surface area contributed by atoms with E-state index in [1.165, 1.54) is 18.2 Å². The quantitative estimate of drug-likeness (QED) is 0.810. The highest BCUT2D eigenvalue weighted by Gasteiger charge is 2.35. The largest absolute Gasteiger partial charge is 0.269 e. The zero-order chi connectivity index (χ0) is 16.4. The topological polar surface area (TPSA) is 37.4 Å². The lowest BCUT2D eigenvalue weighted by Crippen LogP contribution is -2.31. The Hall–Kier alpha value is -2.82. The van der Waals surface area contributed by atoms with Gasteiger partial charge < -0.3 is 0 Å². The van der Waals surface area contributed by atoms with E-state index in [4.69, 9.17) is 0 Å². The summed E-state index contributed by atoms with van der Waals surface area (Å²) in [6.07, 6.45) is 1.44. The number of hydrogen-bond acceptors (Lipinski definition) is 2. The summed E-state index contributed by atoms with van der Waals surface area (Å²) < 4.78 is 27.1. The first kappa shape index (κ1) is 15.1. The van der Waals surface area contributed by atoms with Gasteiger partial charge in [-0.3, -0.25) is 14.5 Å². The van der Waals surface area contributed by atoms with Crippen LogP contribution in [0.3, 0.4) is 0 Å². The predicted molar refractivity (Wildman–Crippen MR) is 81.1 cm³/mol. The van der Waals surface area contributed by atoms with Crippen LogP contribution in [-0.4, -0.2) is 23.3 Å². The van der Waals surface area contributed by atoms with Crippen LogP contribution >= 0.6 is 0 Å². The summed E-state index contributed by atoms with van der Waals surface area (Å²) >= 11 is 0. The molecule has 0 aromatic heterocycles. The second-order valence-electron chi connectivity index (χ2n) is 5.23. The van der Waals surface area contributed by atoms with Crippen LogP contribution < -0.4 is 0 Å². The Bertz CT molecular complexity index is 779. The normalized spacial score (nSPS) is 14.3. The van der Waals surface area contributed by atoms with E-state index in [1.807, 2.05) is 0 Å². The molecule has 2 aromatic rings. The molecule has 3 nitrogen and oxygen atoms in total. The summed E-state index contributed by atoms with van der Waals surface area (Å²) in [7, 11) is 0. The molecule has 0 unspecified atom stereocenters. The number of hydrogen-bond donors (Lipinski definition) is 0. The Morgan fingerprint density at radius 2 is 1.65 bits per heavy atom. The SMILES string of the molecule is O=C1c2ccccc2C(=O)N1C/C(F)=C/Cc1cccc(F)c1. The first-order valence-corrected chi connectivity index (χ1v) is 7.10. The maximum atomic E-state index is 14.0. The Morgan fingerprint density at radius 1 is 1.00 bits per heavy atom. The first-order chi connectivity index (χ1) is 11.1. The molecule has 23 heavy (non-hydrogen) atoms. The highest BCUT2D eigenvalue weighted by atomic mass is 19.1. The van der Waals surface area contributed by atoms with Crippen LogP contribution in [0.15, 0.2) is 60.4 Å². The van der Waals surface area contributed by atoms with Crippen LogP contribution in [-0.2, 0) is 6.42 Å². The Balaban J connectivity index is 1.71. The van der Waals surface area contributed by atoms with Crippen molar-refractivity contribution in [2.24, 2.45) is 0 Å². The molecule has 0 bridgehead atoms. The molecule has 0 radical (unpaired) electrons. The van der Waals surface area contributed by atoms with Crippen LogP contribution in [0.25, 0.3) is 0 Å². The number of amides is 2. The summed E-state index contributed by atoms with van der Waals surface area (Å²) in [5, 5.41) is 0. The van der Waals surface area contributed by atoms with Crippen molar-refractivity contribution in [3.05, 3.63) is 82.9 Å². The molecule has 1 heterocycles. The lowest BCUT2D eigenvalue weighted by molar-refractivity contribution is 0.0660. The second-order valence-corrected chi connectivity index (χ2v) is 5.23. The third kappa shape index (κ3) is 3.04. The molecule has 0 N–H and O–H groups in total. The number of benzene rings is 2. The van der Waals surface area contributed by atoms with Crippen LogP contribution in [0, 0.1) is 5.82 Å². The lowest BCUT2D eigenvalue weighted by Gasteiger charge is -2.12. The molecular formula is C18H13F2NO2. The van der Waals surface area contributed by atoms with Gasteiger partial charge in [-0.15, -0.1) is 0 Å².